The second-order valence-electron chi connectivity index (χ2n) is 6.42. The van der Waals surface area contributed by atoms with Crippen LogP contribution in [0.2, 0.25) is 0 Å². The zero-order chi connectivity index (χ0) is 19.1. The Kier molecular flexibility index (Phi) is 6.54. The Labute approximate surface area is 151 Å². The maximum atomic E-state index is 12.5. The number of carbonyl (C=O) groups is 2. The molecule has 0 saturated carbocycles. The van der Waals surface area contributed by atoms with Crippen molar-refractivity contribution in [2.45, 2.75) is 26.3 Å². The van der Waals surface area contributed by atoms with E-state index in [1.165, 1.54) is 6.20 Å². The van der Waals surface area contributed by atoms with Crippen LogP contribution in [0, 0.1) is 5.92 Å². The number of nitrogens with one attached hydrogen (secondary N) is 3. The van der Waals surface area contributed by atoms with E-state index in [0.29, 0.717) is 6.54 Å². The van der Waals surface area contributed by atoms with E-state index in [2.05, 4.69) is 15.6 Å². The number of hydrogen-bond donors (Lipinski definition) is 4. The first-order valence-electron chi connectivity index (χ1n) is 8.41. The molecule has 7 heteroatoms. The van der Waals surface area contributed by atoms with Gasteiger partial charge in [0.1, 0.15) is 6.04 Å². The third-order valence-corrected chi connectivity index (χ3v) is 3.75. The monoisotopic (exact) mass is 357 g/mol. The molecule has 0 aliphatic carbocycles. The third-order valence-electron chi connectivity index (χ3n) is 3.75. The molecule has 1 aromatic heterocycles. The van der Waals surface area contributed by atoms with Gasteiger partial charge in [0.15, 0.2) is 11.4 Å². The molecular weight excluding hydrogens is 334 g/mol. The van der Waals surface area contributed by atoms with Crippen molar-refractivity contribution in [3.63, 3.8) is 0 Å². The highest BCUT2D eigenvalue weighted by atomic mass is 16.3. The minimum Gasteiger partial charge on any atom is -0.503 e. The lowest BCUT2D eigenvalue weighted by atomic mass is 10.0. The average Bonchev–Trinajstić information content (AvgIpc) is 2.62. The zero-order valence-corrected chi connectivity index (χ0v) is 14.8. The summed E-state index contributed by atoms with van der Waals surface area (Å²) in [6, 6.07) is 9.55. The number of pyridine rings is 1. The van der Waals surface area contributed by atoms with Gasteiger partial charge in [-0.2, -0.15) is 0 Å². The SMILES string of the molecule is CC(C)CNC(=O)[C@H](Cc1ccccc1)NC(=O)c1[nH]ccc(=O)c1O. The normalized spacial score (nSPS) is 11.8. The van der Waals surface area contributed by atoms with Crippen molar-refractivity contribution in [2.75, 3.05) is 6.54 Å². The standard InChI is InChI=1S/C19H23N3O4/c1-12(2)11-21-18(25)14(10-13-6-4-3-5-7-13)22-19(26)16-17(24)15(23)8-9-20-16/h3-9,12,14,24H,10-11H2,1-2H3,(H,20,23)(H,21,25)(H,22,26)/t14-/m0/s1. The molecule has 0 saturated heterocycles. The highest BCUT2D eigenvalue weighted by molar-refractivity contribution is 5.98. The van der Waals surface area contributed by atoms with Gasteiger partial charge in [-0.15, -0.1) is 0 Å². The van der Waals surface area contributed by atoms with Crippen LogP contribution >= 0.6 is 0 Å². The molecule has 1 aromatic carbocycles. The van der Waals surface area contributed by atoms with Gasteiger partial charge in [0.25, 0.3) is 5.91 Å². The quantitative estimate of drug-likeness (QED) is 0.596. The number of H-pyrrole nitrogens is 1. The molecular formula is C19H23N3O4. The number of amides is 2. The number of aromatic hydroxyl groups is 1. The summed E-state index contributed by atoms with van der Waals surface area (Å²) >= 11 is 0. The van der Waals surface area contributed by atoms with Crippen molar-refractivity contribution in [1.82, 2.24) is 15.6 Å². The molecule has 0 radical (unpaired) electrons. The van der Waals surface area contributed by atoms with Crippen molar-refractivity contribution in [2.24, 2.45) is 5.92 Å². The molecule has 0 aliphatic heterocycles. The summed E-state index contributed by atoms with van der Waals surface area (Å²) in [7, 11) is 0. The minimum absolute atomic E-state index is 0.265. The lowest BCUT2D eigenvalue weighted by Gasteiger charge is -2.19. The van der Waals surface area contributed by atoms with Crippen molar-refractivity contribution in [1.29, 1.82) is 0 Å². The largest absolute Gasteiger partial charge is 0.503 e. The minimum atomic E-state index is -0.841. The van der Waals surface area contributed by atoms with Gasteiger partial charge in [0, 0.05) is 25.2 Å². The molecule has 26 heavy (non-hydrogen) atoms. The van der Waals surface area contributed by atoms with E-state index >= 15 is 0 Å². The van der Waals surface area contributed by atoms with E-state index in [1.54, 1.807) is 0 Å². The summed E-state index contributed by atoms with van der Waals surface area (Å²) in [5.74, 6) is -1.46. The van der Waals surface area contributed by atoms with Gasteiger partial charge in [0.05, 0.1) is 0 Å². The van der Waals surface area contributed by atoms with Gasteiger partial charge in [-0.25, -0.2) is 0 Å². The smallest absolute Gasteiger partial charge is 0.272 e. The first kappa shape index (κ1) is 19.2. The molecule has 138 valence electrons. The Morgan fingerprint density at radius 2 is 1.85 bits per heavy atom. The van der Waals surface area contributed by atoms with E-state index in [9.17, 15) is 19.5 Å². The van der Waals surface area contributed by atoms with Gasteiger partial charge < -0.3 is 20.7 Å². The second kappa shape index (κ2) is 8.84. The molecule has 1 atom stereocenters. The predicted molar refractivity (Wildman–Crippen MR) is 98.0 cm³/mol. The molecule has 2 amide bonds. The van der Waals surface area contributed by atoms with Gasteiger partial charge >= 0.3 is 0 Å². The number of aromatic nitrogens is 1. The van der Waals surface area contributed by atoms with Crippen molar-refractivity contribution in [3.05, 3.63) is 64.1 Å². The first-order chi connectivity index (χ1) is 12.4. The third kappa shape index (κ3) is 5.20. The summed E-state index contributed by atoms with van der Waals surface area (Å²) in [5, 5.41) is 15.2. The van der Waals surface area contributed by atoms with Gasteiger partial charge in [0.2, 0.25) is 11.3 Å². The van der Waals surface area contributed by atoms with E-state index < -0.39 is 23.1 Å². The van der Waals surface area contributed by atoms with E-state index in [1.807, 2.05) is 44.2 Å². The Morgan fingerprint density at radius 3 is 2.50 bits per heavy atom. The molecule has 2 rings (SSSR count). The summed E-state index contributed by atoms with van der Waals surface area (Å²) in [5.41, 5.74) is -0.0618. The van der Waals surface area contributed by atoms with E-state index in [0.717, 1.165) is 11.6 Å². The lowest BCUT2D eigenvalue weighted by Crippen LogP contribution is -2.49. The highest BCUT2D eigenvalue weighted by Crippen LogP contribution is 2.09. The fraction of sp³-hybridized carbons (Fsp3) is 0.316. The Hall–Kier alpha value is -3.09. The van der Waals surface area contributed by atoms with E-state index in [4.69, 9.17) is 0 Å². The molecule has 0 bridgehead atoms. The Bertz CT molecular complexity index is 815. The maximum absolute atomic E-state index is 12.5. The van der Waals surface area contributed by atoms with E-state index in [-0.39, 0.29) is 23.9 Å². The summed E-state index contributed by atoms with van der Waals surface area (Å²) in [6.07, 6.45) is 1.55. The Morgan fingerprint density at radius 1 is 1.15 bits per heavy atom. The topological polar surface area (TPSA) is 111 Å². The fourth-order valence-electron chi connectivity index (χ4n) is 2.36. The number of benzene rings is 1. The highest BCUT2D eigenvalue weighted by Gasteiger charge is 2.24. The van der Waals surface area contributed by atoms with Crippen LogP contribution in [0.15, 0.2) is 47.4 Å². The van der Waals surface area contributed by atoms with Crippen LogP contribution in [-0.4, -0.2) is 34.5 Å². The van der Waals surface area contributed by atoms with Gasteiger partial charge in [-0.05, 0) is 11.5 Å². The lowest BCUT2D eigenvalue weighted by molar-refractivity contribution is -0.123. The predicted octanol–water partition coefficient (Wildman–Crippen LogP) is 1.19. The molecule has 1 heterocycles. The molecule has 0 fully saturated rings. The molecule has 2 aromatic rings. The van der Waals surface area contributed by atoms with Gasteiger partial charge in [-0.3, -0.25) is 14.4 Å². The molecule has 0 unspecified atom stereocenters. The van der Waals surface area contributed by atoms with Crippen LogP contribution in [0.25, 0.3) is 0 Å². The fourth-order valence-corrected chi connectivity index (χ4v) is 2.36. The number of carbonyl (C=O) groups excluding carboxylic acids is 2. The molecule has 0 aliphatic rings. The van der Waals surface area contributed by atoms with Crippen LogP contribution in [0.3, 0.4) is 0 Å². The maximum Gasteiger partial charge on any atom is 0.272 e. The van der Waals surface area contributed by atoms with Crippen LogP contribution in [-0.2, 0) is 11.2 Å². The van der Waals surface area contributed by atoms with Crippen LogP contribution < -0.4 is 16.1 Å². The summed E-state index contributed by atoms with van der Waals surface area (Å²) in [6.45, 7) is 4.42. The zero-order valence-electron chi connectivity index (χ0n) is 14.8. The molecule has 7 nitrogen and oxygen atoms in total. The number of hydrogen-bond acceptors (Lipinski definition) is 4. The number of rotatable bonds is 7. The van der Waals surface area contributed by atoms with Crippen molar-refractivity contribution in [3.8, 4) is 5.75 Å². The molecule has 4 N–H and O–H groups in total. The summed E-state index contributed by atoms with van der Waals surface area (Å²) < 4.78 is 0. The van der Waals surface area contributed by atoms with Gasteiger partial charge in [-0.1, -0.05) is 44.2 Å². The van der Waals surface area contributed by atoms with Crippen molar-refractivity contribution >= 4 is 11.8 Å². The van der Waals surface area contributed by atoms with Crippen molar-refractivity contribution < 1.29 is 14.7 Å². The molecule has 0 spiro atoms. The number of aromatic amines is 1. The van der Waals surface area contributed by atoms with Crippen LogP contribution in [0.4, 0.5) is 0 Å². The Balaban J connectivity index is 2.19. The van der Waals surface area contributed by atoms with Crippen LogP contribution in [0.5, 0.6) is 5.75 Å². The average molecular weight is 357 g/mol. The second-order valence-corrected chi connectivity index (χ2v) is 6.42. The van der Waals surface area contributed by atoms with Crippen LogP contribution in [0.1, 0.15) is 29.9 Å². The summed E-state index contributed by atoms with van der Waals surface area (Å²) in [4.78, 5) is 39.0. The first-order valence-corrected chi connectivity index (χ1v) is 8.41.